The fraction of sp³-hybridized carbons (Fsp3) is 0.684. The van der Waals surface area contributed by atoms with Gasteiger partial charge in [-0.15, -0.1) is 0 Å². The molecule has 0 bridgehead atoms. The van der Waals surface area contributed by atoms with Crippen LogP contribution in [-0.2, 0) is 5.41 Å². The molecule has 2 aliphatic carbocycles. The summed E-state index contributed by atoms with van der Waals surface area (Å²) in [5.41, 5.74) is 2.44. The Bertz CT molecular complexity index is 480. The Hall–Kier alpha value is -1.02. The lowest BCUT2D eigenvalue weighted by Crippen LogP contribution is -2.54. The molecule has 1 aromatic carbocycles. The minimum absolute atomic E-state index is 0.323. The average Bonchev–Trinajstić information content (AvgIpc) is 2.93. The number of methoxy groups -OCH3 is 1. The van der Waals surface area contributed by atoms with Gasteiger partial charge in [0.25, 0.3) is 0 Å². The van der Waals surface area contributed by atoms with Crippen LogP contribution in [0, 0.1) is 5.41 Å². The predicted octanol–water partition coefficient (Wildman–Crippen LogP) is 4.29. The zero-order valence-electron chi connectivity index (χ0n) is 13.7. The Morgan fingerprint density at radius 2 is 1.90 bits per heavy atom. The van der Waals surface area contributed by atoms with E-state index >= 15 is 0 Å². The van der Waals surface area contributed by atoms with E-state index < -0.39 is 0 Å². The minimum Gasteiger partial charge on any atom is -0.497 e. The molecule has 1 aromatic rings. The molecule has 2 fully saturated rings. The van der Waals surface area contributed by atoms with E-state index in [2.05, 4.69) is 43.4 Å². The first-order valence-corrected chi connectivity index (χ1v) is 8.46. The number of hydrogen-bond donors (Lipinski definition) is 1. The van der Waals surface area contributed by atoms with E-state index in [1.54, 1.807) is 7.11 Å². The Balaban J connectivity index is 1.82. The summed E-state index contributed by atoms with van der Waals surface area (Å²) in [6, 6.07) is 9.30. The molecule has 0 saturated heterocycles. The molecule has 3 rings (SSSR count). The van der Waals surface area contributed by atoms with E-state index in [9.17, 15) is 0 Å². The van der Waals surface area contributed by atoms with Crippen molar-refractivity contribution in [3.8, 4) is 5.75 Å². The first-order valence-electron chi connectivity index (χ1n) is 8.46. The van der Waals surface area contributed by atoms with Gasteiger partial charge in [-0.3, -0.25) is 0 Å². The van der Waals surface area contributed by atoms with Crippen LogP contribution < -0.4 is 10.1 Å². The molecule has 0 atom stereocenters. The van der Waals surface area contributed by atoms with Crippen molar-refractivity contribution < 1.29 is 4.74 Å². The Morgan fingerprint density at radius 3 is 2.52 bits per heavy atom. The van der Waals surface area contributed by atoms with E-state index in [0.29, 0.717) is 16.9 Å². The quantitative estimate of drug-likeness (QED) is 0.872. The van der Waals surface area contributed by atoms with Crippen LogP contribution in [0.25, 0.3) is 0 Å². The van der Waals surface area contributed by atoms with E-state index in [0.717, 1.165) is 12.3 Å². The van der Waals surface area contributed by atoms with Crippen molar-refractivity contribution in [2.45, 2.75) is 63.8 Å². The molecule has 1 spiro atoms. The van der Waals surface area contributed by atoms with Gasteiger partial charge >= 0.3 is 0 Å². The number of hydrogen-bond acceptors (Lipinski definition) is 2. The highest BCUT2D eigenvalue weighted by molar-refractivity contribution is 5.37. The second-order valence-electron chi connectivity index (χ2n) is 7.61. The summed E-state index contributed by atoms with van der Waals surface area (Å²) in [6.07, 6.45) is 8.47. The molecule has 0 aliphatic heterocycles. The van der Waals surface area contributed by atoms with E-state index in [-0.39, 0.29) is 0 Å². The molecular weight excluding hydrogens is 258 g/mol. The average molecular weight is 287 g/mol. The van der Waals surface area contributed by atoms with Gasteiger partial charge in [0.05, 0.1) is 7.11 Å². The fourth-order valence-electron chi connectivity index (χ4n) is 4.65. The maximum atomic E-state index is 5.44. The summed E-state index contributed by atoms with van der Waals surface area (Å²) in [5, 5.41) is 3.69. The molecule has 2 heteroatoms. The Morgan fingerprint density at radius 1 is 1.19 bits per heavy atom. The van der Waals surface area contributed by atoms with E-state index in [4.69, 9.17) is 4.74 Å². The predicted molar refractivity (Wildman–Crippen MR) is 87.9 cm³/mol. The lowest BCUT2D eigenvalue weighted by molar-refractivity contribution is 0.0256. The van der Waals surface area contributed by atoms with Crippen LogP contribution >= 0.6 is 0 Å². The van der Waals surface area contributed by atoms with Gasteiger partial charge in [-0.05, 0) is 48.8 Å². The van der Waals surface area contributed by atoms with Crippen LogP contribution in [0.4, 0.5) is 0 Å². The molecule has 2 aliphatic rings. The highest BCUT2D eigenvalue weighted by Gasteiger charge is 2.55. The van der Waals surface area contributed by atoms with Gasteiger partial charge in [-0.1, -0.05) is 38.8 Å². The third-order valence-electron chi connectivity index (χ3n) is 5.62. The lowest BCUT2D eigenvalue weighted by atomic mass is 9.49. The Labute approximate surface area is 129 Å². The maximum absolute atomic E-state index is 5.44. The van der Waals surface area contributed by atoms with Crippen LogP contribution in [0.1, 0.15) is 57.9 Å². The van der Waals surface area contributed by atoms with Crippen molar-refractivity contribution in [2.75, 3.05) is 13.7 Å². The zero-order valence-corrected chi connectivity index (χ0v) is 13.7. The summed E-state index contributed by atoms with van der Waals surface area (Å²) in [7, 11) is 1.76. The molecule has 0 unspecified atom stereocenters. The highest BCUT2D eigenvalue weighted by atomic mass is 16.5. The topological polar surface area (TPSA) is 21.3 Å². The van der Waals surface area contributed by atoms with Crippen molar-refractivity contribution in [1.29, 1.82) is 0 Å². The molecular formula is C19H29NO. The number of benzene rings is 1. The molecule has 1 N–H and O–H groups in total. The monoisotopic (exact) mass is 287 g/mol. The molecule has 0 radical (unpaired) electrons. The molecule has 21 heavy (non-hydrogen) atoms. The first kappa shape index (κ1) is 14.9. The lowest BCUT2D eigenvalue weighted by Gasteiger charge is -2.56. The summed E-state index contributed by atoms with van der Waals surface area (Å²) >= 11 is 0. The molecule has 0 heterocycles. The summed E-state index contributed by atoms with van der Waals surface area (Å²) in [5.74, 6) is 0.990. The van der Waals surface area contributed by atoms with Gasteiger partial charge in [-0.25, -0.2) is 0 Å². The van der Waals surface area contributed by atoms with Crippen molar-refractivity contribution in [2.24, 2.45) is 5.41 Å². The second-order valence-corrected chi connectivity index (χ2v) is 7.61. The van der Waals surface area contributed by atoms with Gasteiger partial charge in [0, 0.05) is 18.0 Å². The van der Waals surface area contributed by atoms with Crippen LogP contribution in [0.5, 0.6) is 5.75 Å². The highest BCUT2D eigenvalue weighted by Crippen LogP contribution is 2.62. The van der Waals surface area contributed by atoms with Crippen molar-refractivity contribution >= 4 is 0 Å². The third kappa shape index (κ3) is 2.83. The second kappa shape index (κ2) is 5.64. The largest absolute Gasteiger partial charge is 0.497 e. The number of nitrogens with one attached hydrogen (secondary N) is 1. The standard InChI is InChI=1S/C19H29NO/c1-15(2)20-14-19(12-18(13-19)9-4-5-10-18)16-7-6-8-17(11-16)21-3/h6-8,11,15,20H,4-5,9-10,12-14H2,1-3H3. The fourth-order valence-corrected chi connectivity index (χ4v) is 4.65. The molecule has 2 saturated carbocycles. The van der Waals surface area contributed by atoms with E-state index in [1.807, 2.05) is 0 Å². The van der Waals surface area contributed by atoms with Gasteiger partial charge in [0.2, 0.25) is 0 Å². The zero-order chi connectivity index (χ0) is 14.9. The molecule has 0 amide bonds. The van der Waals surface area contributed by atoms with E-state index in [1.165, 1.54) is 44.1 Å². The number of ether oxygens (including phenoxy) is 1. The normalized spacial score (nSPS) is 22.5. The van der Waals surface area contributed by atoms with Crippen molar-refractivity contribution in [3.05, 3.63) is 29.8 Å². The van der Waals surface area contributed by atoms with Gasteiger partial charge < -0.3 is 10.1 Å². The van der Waals surface area contributed by atoms with Gasteiger partial charge in [-0.2, -0.15) is 0 Å². The van der Waals surface area contributed by atoms with Crippen LogP contribution in [-0.4, -0.2) is 19.7 Å². The summed E-state index contributed by atoms with van der Waals surface area (Å²) in [4.78, 5) is 0. The van der Waals surface area contributed by atoms with Crippen molar-refractivity contribution in [1.82, 2.24) is 5.32 Å². The van der Waals surface area contributed by atoms with Crippen LogP contribution in [0.3, 0.4) is 0 Å². The molecule has 0 aromatic heterocycles. The molecule has 2 nitrogen and oxygen atoms in total. The van der Waals surface area contributed by atoms with Gasteiger partial charge in [0.1, 0.15) is 5.75 Å². The Kier molecular flexibility index (Phi) is 4.00. The SMILES string of the molecule is COc1cccc(C2(CNC(C)C)CC3(CCCC3)C2)c1. The summed E-state index contributed by atoms with van der Waals surface area (Å²) in [6.45, 7) is 5.58. The van der Waals surface area contributed by atoms with Crippen LogP contribution in [0.2, 0.25) is 0 Å². The maximum Gasteiger partial charge on any atom is 0.119 e. The van der Waals surface area contributed by atoms with Gasteiger partial charge in [0.15, 0.2) is 0 Å². The number of rotatable bonds is 5. The summed E-state index contributed by atoms with van der Waals surface area (Å²) < 4.78 is 5.44. The molecule has 116 valence electrons. The first-order chi connectivity index (χ1) is 10.1. The minimum atomic E-state index is 0.323. The van der Waals surface area contributed by atoms with Crippen molar-refractivity contribution in [3.63, 3.8) is 0 Å². The van der Waals surface area contributed by atoms with Crippen LogP contribution in [0.15, 0.2) is 24.3 Å². The smallest absolute Gasteiger partial charge is 0.119 e. The third-order valence-corrected chi connectivity index (χ3v) is 5.62.